The van der Waals surface area contributed by atoms with Crippen LogP contribution < -0.4 is 9.62 Å². The largest absolute Gasteiger partial charge is 0.452 e. The maximum Gasteiger partial charge on any atom is 0.338 e. The van der Waals surface area contributed by atoms with Crippen LogP contribution >= 0.6 is 0 Å². The quantitative estimate of drug-likeness (QED) is 0.353. The number of benzene rings is 3. The second-order valence-electron chi connectivity index (χ2n) is 7.53. The van der Waals surface area contributed by atoms with Gasteiger partial charge in [-0.15, -0.1) is 6.58 Å². The fourth-order valence-electron chi connectivity index (χ4n) is 3.14. The standard InChI is InChI=1S/C26H26N2O5S/c1-3-16-28(23-9-5-4-6-10-23)34(31,32)24-11-7-8-22(17-24)26(30)33-19-25(29)27-18-21-14-12-20(2)13-15-21/h3-15,17H,1,16,18-19H2,2H3,(H,27,29). The molecule has 0 aliphatic rings. The molecule has 34 heavy (non-hydrogen) atoms. The number of nitrogens with zero attached hydrogens (tertiary/aromatic N) is 1. The van der Waals surface area contributed by atoms with Gasteiger partial charge in [0.2, 0.25) is 0 Å². The number of carbonyl (C=O) groups is 2. The number of hydrogen-bond acceptors (Lipinski definition) is 5. The Morgan fingerprint density at radius 3 is 2.38 bits per heavy atom. The molecule has 0 radical (unpaired) electrons. The van der Waals surface area contributed by atoms with Gasteiger partial charge >= 0.3 is 5.97 Å². The SMILES string of the molecule is C=CCN(c1ccccc1)S(=O)(=O)c1cccc(C(=O)OCC(=O)NCc2ccc(C)cc2)c1. The molecule has 1 amide bonds. The molecule has 176 valence electrons. The lowest BCUT2D eigenvalue weighted by molar-refractivity contribution is -0.124. The third-order valence-corrected chi connectivity index (χ3v) is 6.73. The molecule has 0 saturated carbocycles. The first kappa shape index (κ1) is 24.7. The minimum atomic E-state index is -3.97. The summed E-state index contributed by atoms with van der Waals surface area (Å²) < 4.78 is 32.8. The number of para-hydroxylation sites is 1. The lowest BCUT2D eigenvalue weighted by Crippen LogP contribution is -2.31. The van der Waals surface area contributed by atoms with Crippen LogP contribution in [0.3, 0.4) is 0 Å². The number of aryl methyl sites for hydroxylation is 1. The number of ether oxygens (including phenoxy) is 1. The van der Waals surface area contributed by atoms with E-state index in [2.05, 4.69) is 11.9 Å². The molecule has 7 nitrogen and oxygen atoms in total. The van der Waals surface area contributed by atoms with Gasteiger partial charge in [0.25, 0.3) is 15.9 Å². The van der Waals surface area contributed by atoms with Crippen LogP contribution in [0, 0.1) is 6.92 Å². The Morgan fingerprint density at radius 2 is 1.71 bits per heavy atom. The molecule has 0 aromatic heterocycles. The van der Waals surface area contributed by atoms with Gasteiger partial charge < -0.3 is 10.1 Å². The Hall–Kier alpha value is -3.91. The predicted octanol–water partition coefficient (Wildman–Crippen LogP) is 3.85. The molecule has 0 fully saturated rings. The molecule has 0 heterocycles. The summed E-state index contributed by atoms with van der Waals surface area (Å²) in [7, 11) is -3.97. The number of sulfonamides is 1. The maximum absolute atomic E-state index is 13.3. The van der Waals surface area contributed by atoms with E-state index in [-0.39, 0.29) is 17.0 Å². The van der Waals surface area contributed by atoms with Gasteiger partial charge in [0.15, 0.2) is 6.61 Å². The van der Waals surface area contributed by atoms with E-state index < -0.39 is 28.5 Å². The highest BCUT2D eigenvalue weighted by molar-refractivity contribution is 7.92. The zero-order valence-electron chi connectivity index (χ0n) is 18.8. The van der Waals surface area contributed by atoms with E-state index in [0.29, 0.717) is 12.2 Å². The highest BCUT2D eigenvalue weighted by atomic mass is 32.2. The van der Waals surface area contributed by atoms with Crippen LogP contribution in [0.2, 0.25) is 0 Å². The fraction of sp³-hybridized carbons (Fsp3) is 0.154. The van der Waals surface area contributed by atoms with Crippen LogP contribution in [0.5, 0.6) is 0 Å². The first-order valence-electron chi connectivity index (χ1n) is 10.6. The molecule has 3 rings (SSSR count). The van der Waals surface area contributed by atoms with Crippen LogP contribution in [0.1, 0.15) is 21.5 Å². The molecule has 0 aliphatic heterocycles. The van der Waals surface area contributed by atoms with Crippen molar-refractivity contribution in [3.05, 3.63) is 108 Å². The van der Waals surface area contributed by atoms with Crippen molar-refractivity contribution in [2.75, 3.05) is 17.5 Å². The van der Waals surface area contributed by atoms with Gasteiger partial charge in [-0.05, 0) is 42.8 Å². The highest BCUT2D eigenvalue weighted by Crippen LogP contribution is 2.24. The second-order valence-corrected chi connectivity index (χ2v) is 9.39. The Balaban J connectivity index is 1.66. The summed E-state index contributed by atoms with van der Waals surface area (Å²) in [5, 5.41) is 2.68. The van der Waals surface area contributed by atoms with Crippen LogP contribution in [-0.2, 0) is 26.1 Å². The van der Waals surface area contributed by atoms with E-state index in [4.69, 9.17) is 4.74 Å². The number of anilines is 1. The summed E-state index contributed by atoms with van der Waals surface area (Å²) in [4.78, 5) is 24.5. The van der Waals surface area contributed by atoms with Crippen LogP contribution in [0.25, 0.3) is 0 Å². The topological polar surface area (TPSA) is 92.8 Å². The van der Waals surface area contributed by atoms with Crippen molar-refractivity contribution in [2.45, 2.75) is 18.4 Å². The van der Waals surface area contributed by atoms with Crippen molar-refractivity contribution in [3.63, 3.8) is 0 Å². The van der Waals surface area contributed by atoms with Gasteiger partial charge in [0.1, 0.15) is 0 Å². The molecular weight excluding hydrogens is 452 g/mol. The van der Waals surface area contributed by atoms with Crippen molar-refractivity contribution >= 4 is 27.6 Å². The smallest absolute Gasteiger partial charge is 0.338 e. The molecule has 0 aliphatic carbocycles. The minimum absolute atomic E-state index is 0.0269. The van der Waals surface area contributed by atoms with E-state index in [1.165, 1.54) is 34.6 Å². The normalized spacial score (nSPS) is 10.9. The predicted molar refractivity (Wildman–Crippen MR) is 131 cm³/mol. The van der Waals surface area contributed by atoms with Crippen molar-refractivity contribution in [3.8, 4) is 0 Å². The highest BCUT2D eigenvalue weighted by Gasteiger charge is 2.25. The summed E-state index contributed by atoms with van der Waals surface area (Å²) in [5.41, 5.74) is 2.54. The van der Waals surface area contributed by atoms with Gasteiger partial charge in [-0.1, -0.05) is 60.2 Å². The average Bonchev–Trinajstić information content (AvgIpc) is 2.86. The van der Waals surface area contributed by atoms with Crippen LogP contribution in [0.15, 0.2) is 96.4 Å². The number of hydrogen-bond donors (Lipinski definition) is 1. The van der Waals surface area contributed by atoms with Gasteiger partial charge in [-0.25, -0.2) is 13.2 Å². The molecule has 1 N–H and O–H groups in total. The molecule has 8 heteroatoms. The third kappa shape index (κ3) is 6.32. The van der Waals surface area contributed by atoms with Gasteiger partial charge in [-0.3, -0.25) is 9.10 Å². The Labute approximate surface area is 199 Å². The first-order chi connectivity index (χ1) is 16.3. The van der Waals surface area contributed by atoms with Gasteiger partial charge in [0.05, 0.1) is 22.7 Å². The molecular formula is C26H26N2O5S. The zero-order chi connectivity index (χ0) is 24.6. The molecule has 0 bridgehead atoms. The zero-order valence-corrected chi connectivity index (χ0v) is 19.6. The number of amides is 1. The minimum Gasteiger partial charge on any atom is -0.452 e. The molecule has 0 spiro atoms. The summed E-state index contributed by atoms with van der Waals surface area (Å²) in [6, 6.07) is 21.8. The monoisotopic (exact) mass is 478 g/mol. The number of carbonyl (C=O) groups excluding carboxylic acids is 2. The molecule has 0 atom stereocenters. The molecule has 3 aromatic rings. The summed E-state index contributed by atoms with van der Waals surface area (Å²) in [6.45, 7) is 5.50. The van der Waals surface area contributed by atoms with Crippen molar-refractivity contribution < 1.29 is 22.7 Å². The number of nitrogens with one attached hydrogen (secondary N) is 1. The summed E-state index contributed by atoms with van der Waals surface area (Å²) in [5.74, 6) is -1.25. The van der Waals surface area contributed by atoms with Crippen LogP contribution in [-0.4, -0.2) is 33.4 Å². The van der Waals surface area contributed by atoms with Gasteiger partial charge in [-0.2, -0.15) is 0 Å². The lowest BCUT2D eigenvalue weighted by atomic mass is 10.1. The number of esters is 1. The Bertz CT molecular complexity index is 1260. The lowest BCUT2D eigenvalue weighted by Gasteiger charge is -2.23. The van der Waals surface area contributed by atoms with Gasteiger partial charge in [0, 0.05) is 6.54 Å². The van der Waals surface area contributed by atoms with E-state index >= 15 is 0 Å². The van der Waals surface area contributed by atoms with E-state index in [9.17, 15) is 18.0 Å². The molecule has 3 aromatic carbocycles. The Morgan fingerprint density at radius 1 is 1.00 bits per heavy atom. The van der Waals surface area contributed by atoms with E-state index in [0.717, 1.165) is 11.1 Å². The van der Waals surface area contributed by atoms with Crippen molar-refractivity contribution in [2.24, 2.45) is 0 Å². The number of rotatable bonds is 10. The Kier molecular flexibility index (Phi) is 8.21. The van der Waals surface area contributed by atoms with Crippen LogP contribution in [0.4, 0.5) is 5.69 Å². The third-order valence-electron chi connectivity index (χ3n) is 4.94. The average molecular weight is 479 g/mol. The second kappa shape index (κ2) is 11.3. The fourth-order valence-corrected chi connectivity index (χ4v) is 4.62. The molecule has 0 unspecified atom stereocenters. The summed E-state index contributed by atoms with van der Waals surface area (Å²) in [6.07, 6.45) is 1.48. The molecule has 0 saturated heterocycles. The van der Waals surface area contributed by atoms with E-state index in [1.807, 2.05) is 31.2 Å². The van der Waals surface area contributed by atoms with E-state index in [1.54, 1.807) is 30.3 Å². The summed E-state index contributed by atoms with van der Waals surface area (Å²) >= 11 is 0. The maximum atomic E-state index is 13.3. The van der Waals surface area contributed by atoms with Crippen molar-refractivity contribution in [1.82, 2.24) is 5.32 Å². The first-order valence-corrected chi connectivity index (χ1v) is 12.0. The van der Waals surface area contributed by atoms with Crippen molar-refractivity contribution in [1.29, 1.82) is 0 Å².